The number of hydrogen-bond donors (Lipinski definition) is 1. The van der Waals surface area contributed by atoms with E-state index in [1.807, 2.05) is 4.90 Å². The first-order valence-electron chi connectivity index (χ1n) is 5.85. The van der Waals surface area contributed by atoms with E-state index in [2.05, 4.69) is 29.0 Å². The van der Waals surface area contributed by atoms with Crippen molar-refractivity contribution in [1.82, 2.24) is 20.1 Å². The summed E-state index contributed by atoms with van der Waals surface area (Å²) in [5.74, 6) is 0.323. The SMILES string of the molecule is CCC1(CC)CCN(C(=O)c2ncn[nH]2)C1. The molecule has 0 radical (unpaired) electrons. The number of carbonyl (C=O) groups is 1. The van der Waals surface area contributed by atoms with Gasteiger partial charge in [0, 0.05) is 13.1 Å². The van der Waals surface area contributed by atoms with Crippen LogP contribution in [0.5, 0.6) is 0 Å². The molecule has 1 saturated heterocycles. The van der Waals surface area contributed by atoms with Gasteiger partial charge in [0.25, 0.3) is 5.91 Å². The van der Waals surface area contributed by atoms with Crippen molar-refractivity contribution in [2.45, 2.75) is 33.1 Å². The van der Waals surface area contributed by atoms with Crippen LogP contribution in [0.1, 0.15) is 43.7 Å². The molecule has 88 valence electrons. The fraction of sp³-hybridized carbons (Fsp3) is 0.727. The summed E-state index contributed by atoms with van der Waals surface area (Å²) in [6, 6.07) is 0. The molecular weight excluding hydrogens is 204 g/mol. The van der Waals surface area contributed by atoms with Crippen LogP contribution >= 0.6 is 0 Å². The van der Waals surface area contributed by atoms with Gasteiger partial charge in [-0.25, -0.2) is 4.98 Å². The van der Waals surface area contributed by atoms with Crippen LogP contribution in [-0.4, -0.2) is 39.1 Å². The van der Waals surface area contributed by atoms with Gasteiger partial charge in [0.2, 0.25) is 5.82 Å². The first-order chi connectivity index (χ1) is 7.71. The van der Waals surface area contributed by atoms with Crippen LogP contribution in [0.15, 0.2) is 6.33 Å². The third-order valence-electron chi connectivity index (χ3n) is 3.84. The molecule has 0 aromatic carbocycles. The Bertz CT molecular complexity index is 356. The van der Waals surface area contributed by atoms with Gasteiger partial charge in [-0.2, -0.15) is 5.10 Å². The molecular formula is C11H18N4O. The van der Waals surface area contributed by atoms with E-state index in [9.17, 15) is 4.79 Å². The number of nitrogens with zero attached hydrogens (tertiary/aromatic N) is 3. The highest BCUT2D eigenvalue weighted by Gasteiger charge is 2.37. The molecule has 0 aliphatic carbocycles. The molecule has 0 atom stereocenters. The van der Waals surface area contributed by atoms with Crippen molar-refractivity contribution in [3.05, 3.63) is 12.2 Å². The minimum atomic E-state index is -0.0266. The number of H-pyrrole nitrogens is 1. The predicted octanol–water partition coefficient (Wildman–Crippen LogP) is 1.46. The standard InChI is InChI=1S/C11H18N4O/c1-3-11(4-2)5-6-15(7-11)10(16)9-12-8-13-14-9/h8H,3-7H2,1-2H3,(H,12,13,14). The Hall–Kier alpha value is -1.39. The first-order valence-corrected chi connectivity index (χ1v) is 5.85. The van der Waals surface area contributed by atoms with Crippen LogP contribution in [-0.2, 0) is 0 Å². The maximum Gasteiger partial charge on any atom is 0.291 e. The second-order valence-corrected chi connectivity index (χ2v) is 4.52. The van der Waals surface area contributed by atoms with Crippen molar-refractivity contribution in [2.75, 3.05) is 13.1 Å². The van der Waals surface area contributed by atoms with Gasteiger partial charge >= 0.3 is 0 Å². The predicted molar refractivity (Wildman–Crippen MR) is 59.9 cm³/mol. The third kappa shape index (κ3) is 1.81. The van der Waals surface area contributed by atoms with E-state index in [1.165, 1.54) is 6.33 Å². The summed E-state index contributed by atoms with van der Waals surface area (Å²) in [4.78, 5) is 17.8. The lowest BCUT2D eigenvalue weighted by Crippen LogP contribution is -2.32. The Morgan fingerprint density at radius 1 is 1.56 bits per heavy atom. The lowest BCUT2D eigenvalue weighted by Gasteiger charge is -2.25. The molecule has 0 bridgehead atoms. The minimum Gasteiger partial charge on any atom is -0.335 e. The summed E-state index contributed by atoms with van der Waals surface area (Å²) in [5, 5.41) is 6.33. The third-order valence-corrected chi connectivity index (χ3v) is 3.84. The topological polar surface area (TPSA) is 61.9 Å². The zero-order valence-corrected chi connectivity index (χ0v) is 9.86. The normalized spacial score (nSPS) is 19.0. The Morgan fingerprint density at radius 2 is 2.31 bits per heavy atom. The minimum absolute atomic E-state index is 0.0266. The number of amides is 1. The monoisotopic (exact) mass is 222 g/mol. The van der Waals surface area contributed by atoms with Gasteiger partial charge in [0.05, 0.1) is 0 Å². The van der Waals surface area contributed by atoms with E-state index >= 15 is 0 Å². The van der Waals surface area contributed by atoms with E-state index in [0.29, 0.717) is 11.2 Å². The summed E-state index contributed by atoms with van der Waals surface area (Å²) in [7, 11) is 0. The molecule has 5 heteroatoms. The molecule has 1 fully saturated rings. The molecule has 0 spiro atoms. The quantitative estimate of drug-likeness (QED) is 0.842. The van der Waals surface area contributed by atoms with Crippen LogP contribution in [0.3, 0.4) is 0 Å². The first kappa shape index (κ1) is 11.1. The molecule has 1 amide bonds. The molecule has 1 N–H and O–H groups in total. The fourth-order valence-corrected chi connectivity index (χ4v) is 2.39. The van der Waals surface area contributed by atoms with Gasteiger partial charge in [0.15, 0.2) is 0 Å². The van der Waals surface area contributed by atoms with Gasteiger partial charge < -0.3 is 4.90 Å². The van der Waals surface area contributed by atoms with E-state index in [0.717, 1.165) is 32.4 Å². The summed E-state index contributed by atoms with van der Waals surface area (Å²) >= 11 is 0. The van der Waals surface area contributed by atoms with Crippen LogP contribution < -0.4 is 0 Å². The van der Waals surface area contributed by atoms with Crippen molar-refractivity contribution in [1.29, 1.82) is 0 Å². The van der Waals surface area contributed by atoms with Gasteiger partial charge in [-0.3, -0.25) is 9.89 Å². The van der Waals surface area contributed by atoms with Crippen molar-refractivity contribution in [3.8, 4) is 0 Å². The Kier molecular flexibility index (Phi) is 2.94. The maximum atomic E-state index is 12.0. The Balaban J connectivity index is 2.06. The lowest BCUT2D eigenvalue weighted by molar-refractivity contribution is 0.0758. The summed E-state index contributed by atoms with van der Waals surface area (Å²) in [6.07, 6.45) is 4.73. The number of nitrogens with one attached hydrogen (secondary N) is 1. The Morgan fingerprint density at radius 3 is 2.81 bits per heavy atom. The number of carbonyl (C=O) groups excluding carboxylic acids is 1. The molecule has 1 aromatic heterocycles. The molecule has 2 rings (SSSR count). The van der Waals surface area contributed by atoms with Crippen molar-refractivity contribution in [2.24, 2.45) is 5.41 Å². The summed E-state index contributed by atoms with van der Waals surface area (Å²) in [6.45, 7) is 6.08. The molecule has 0 saturated carbocycles. The highest BCUT2D eigenvalue weighted by atomic mass is 16.2. The zero-order chi connectivity index (χ0) is 11.6. The van der Waals surface area contributed by atoms with Gasteiger partial charge in [-0.15, -0.1) is 0 Å². The molecule has 0 unspecified atom stereocenters. The number of likely N-dealkylation sites (tertiary alicyclic amines) is 1. The van der Waals surface area contributed by atoms with Gasteiger partial charge in [0.1, 0.15) is 6.33 Å². The van der Waals surface area contributed by atoms with Crippen molar-refractivity contribution < 1.29 is 4.79 Å². The van der Waals surface area contributed by atoms with E-state index in [-0.39, 0.29) is 5.91 Å². The number of aromatic amines is 1. The highest BCUT2D eigenvalue weighted by molar-refractivity contribution is 5.90. The Labute approximate surface area is 95.2 Å². The number of rotatable bonds is 3. The molecule has 1 aliphatic heterocycles. The highest BCUT2D eigenvalue weighted by Crippen LogP contribution is 2.37. The van der Waals surface area contributed by atoms with Crippen LogP contribution in [0.25, 0.3) is 0 Å². The largest absolute Gasteiger partial charge is 0.335 e. The van der Waals surface area contributed by atoms with Crippen LogP contribution in [0.2, 0.25) is 0 Å². The summed E-state index contributed by atoms with van der Waals surface area (Å²) in [5.41, 5.74) is 0.315. The molecule has 5 nitrogen and oxygen atoms in total. The second kappa shape index (κ2) is 4.23. The van der Waals surface area contributed by atoms with Gasteiger partial charge in [-0.1, -0.05) is 13.8 Å². The molecule has 1 aromatic rings. The van der Waals surface area contributed by atoms with Crippen molar-refractivity contribution in [3.63, 3.8) is 0 Å². The number of aromatic nitrogens is 3. The average Bonchev–Trinajstić information content (AvgIpc) is 2.98. The van der Waals surface area contributed by atoms with Crippen LogP contribution in [0, 0.1) is 5.41 Å². The maximum absolute atomic E-state index is 12.0. The van der Waals surface area contributed by atoms with Crippen molar-refractivity contribution >= 4 is 5.91 Å². The lowest BCUT2D eigenvalue weighted by atomic mass is 9.82. The fourth-order valence-electron chi connectivity index (χ4n) is 2.39. The number of hydrogen-bond acceptors (Lipinski definition) is 3. The molecule has 1 aliphatic rings. The second-order valence-electron chi connectivity index (χ2n) is 4.52. The van der Waals surface area contributed by atoms with Gasteiger partial charge in [-0.05, 0) is 24.7 Å². The molecule has 16 heavy (non-hydrogen) atoms. The van der Waals surface area contributed by atoms with E-state index < -0.39 is 0 Å². The van der Waals surface area contributed by atoms with E-state index in [4.69, 9.17) is 0 Å². The molecule has 2 heterocycles. The summed E-state index contributed by atoms with van der Waals surface area (Å²) < 4.78 is 0. The smallest absolute Gasteiger partial charge is 0.291 e. The van der Waals surface area contributed by atoms with Crippen LogP contribution in [0.4, 0.5) is 0 Å². The van der Waals surface area contributed by atoms with E-state index in [1.54, 1.807) is 0 Å². The average molecular weight is 222 g/mol. The zero-order valence-electron chi connectivity index (χ0n) is 9.86.